The average molecular weight is 296 g/mol. The highest BCUT2D eigenvalue weighted by molar-refractivity contribution is 7.99. The number of hydrogen-bond acceptors (Lipinski definition) is 3. The Morgan fingerprint density at radius 1 is 1.47 bits per heavy atom. The molecule has 0 bridgehead atoms. The lowest BCUT2D eigenvalue weighted by atomic mass is 10.1. The van der Waals surface area contributed by atoms with Crippen LogP contribution >= 0.6 is 23.4 Å². The number of carbonyl (C=O) groups is 1. The molecular weight excluding hydrogens is 282 g/mol. The first-order valence-corrected chi connectivity index (χ1v) is 7.30. The molecule has 100 valence electrons. The van der Waals surface area contributed by atoms with E-state index in [-0.39, 0.29) is 0 Å². The van der Waals surface area contributed by atoms with Gasteiger partial charge in [-0.2, -0.15) is 0 Å². The zero-order valence-electron chi connectivity index (χ0n) is 10.7. The van der Waals surface area contributed by atoms with Crippen molar-refractivity contribution >= 4 is 40.2 Å². The minimum Gasteiger partial charge on any atom is -0.480 e. The number of carboxylic acid groups (broad SMARTS) is 1. The summed E-state index contributed by atoms with van der Waals surface area (Å²) in [5.74, 6) is -0.270. The summed E-state index contributed by atoms with van der Waals surface area (Å²) in [6, 6.07) is 7.99. The molecule has 0 spiro atoms. The summed E-state index contributed by atoms with van der Waals surface area (Å²) in [5.41, 5.74) is 2.87. The van der Waals surface area contributed by atoms with Crippen LogP contribution in [0, 0.1) is 6.92 Å². The molecule has 0 radical (unpaired) electrons. The third-order valence-corrected chi connectivity index (χ3v) is 4.34. The van der Waals surface area contributed by atoms with Crippen molar-refractivity contribution in [2.45, 2.75) is 24.9 Å². The highest BCUT2D eigenvalue weighted by atomic mass is 35.5. The molecule has 0 saturated heterocycles. The second kappa shape index (κ2) is 5.80. The van der Waals surface area contributed by atoms with Crippen LogP contribution in [-0.2, 0) is 10.5 Å². The lowest BCUT2D eigenvalue weighted by molar-refractivity contribution is -0.136. The van der Waals surface area contributed by atoms with E-state index < -0.39 is 11.2 Å². The Balaban J connectivity index is 2.26. The van der Waals surface area contributed by atoms with Gasteiger partial charge in [0.15, 0.2) is 0 Å². The fourth-order valence-corrected chi connectivity index (χ4v) is 2.77. The summed E-state index contributed by atoms with van der Waals surface area (Å²) < 4.78 is 0. The predicted octanol–water partition coefficient (Wildman–Crippen LogP) is 3.90. The van der Waals surface area contributed by atoms with Gasteiger partial charge < -0.3 is 5.11 Å². The first-order valence-electron chi connectivity index (χ1n) is 5.87. The largest absolute Gasteiger partial charge is 0.480 e. The molecule has 1 atom stereocenters. The Morgan fingerprint density at radius 2 is 2.21 bits per heavy atom. The Bertz CT molecular complexity index is 630. The van der Waals surface area contributed by atoms with E-state index in [0.717, 1.165) is 22.0 Å². The highest BCUT2D eigenvalue weighted by Crippen LogP contribution is 2.26. The van der Waals surface area contributed by atoms with Crippen molar-refractivity contribution < 1.29 is 9.90 Å². The summed E-state index contributed by atoms with van der Waals surface area (Å²) in [6.45, 7) is 3.67. The van der Waals surface area contributed by atoms with E-state index in [1.165, 1.54) is 11.8 Å². The van der Waals surface area contributed by atoms with Gasteiger partial charge in [-0.05, 0) is 31.5 Å². The van der Waals surface area contributed by atoms with Gasteiger partial charge in [-0.15, -0.1) is 11.8 Å². The first-order chi connectivity index (χ1) is 8.97. The van der Waals surface area contributed by atoms with E-state index in [2.05, 4.69) is 4.98 Å². The number of pyridine rings is 1. The maximum Gasteiger partial charge on any atom is 0.316 e. The molecule has 19 heavy (non-hydrogen) atoms. The van der Waals surface area contributed by atoms with Crippen molar-refractivity contribution in [3.05, 3.63) is 40.5 Å². The number of nitrogens with zero attached hydrogens (tertiary/aromatic N) is 1. The molecule has 1 heterocycles. The smallest absolute Gasteiger partial charge is 0.316 e. The molecule has 1 aromatic carbocycles. The topological polar surface area (TPSA) is 50.2 Å². The maximum absolute atomic E-state index is 10.8. The summed E-state index contributed by atoms with van der Waals surface area (Å²) in [4.78, 5) is 15.1. The fraction of sp³-hybridized carbons (Fsp3) is 0.286. The summed E-state index contributed by atoms with van der Waals surface area (Å²) >= 11 is 7.49. The molecule has 0 aliphatic rings. The van der Waals surface area contributed by atoms with Crippen molar-refractivity contribution in [2.75, 3.05) is 0 Å². The van der Waals surface area contributed by atoms with Crippen molar-refractivity contribution in [3.63, 3.8) is 0 Å². The standard InChI is InChI=1S/C14H14ClNO2S/c1-8-3-4-10-6-11(7-19-9(2)14(17)18)13(15)16-12(10)5-8/h3-6,9H,7H2,1-2H3,(H,17,18). The second-order valence-corrected chi connectivity index (χ2v) is 6.11. The number of rotatable bonds is 4. The van der Waals surface area contributed by atoms with Crippen LogP contribution < -0.4 is 0 Å². The van der Waals surface area contributed by atoms with E-state index in [1.54, 1.807) is 6.92 Å². The number of aliphatic carboxylic acids is 1. The van der Waals surface area contributed by atoms with Gasteiger partial charge in [-0.3, -0.25) is 4.79 Å². The van der Waals surface area contributed by atoms with Gasteiger partial charge in [-0.25, -0.2) is 4.98 Å². The normalized spacial score (nSPS) is 12.6. The van der Waals surface area contributed by atoms with E-state index in [1.807, 2.05) is 31.2 Å². The molecule has 2 rings (SSSR count). The second-order valence-electron chi connectivity index (χ2n) is 4.43. The molecule has 5 heteroatoms. The Morgan fingerprint density at radius 3 is 2.89 bits per heavy atom. The van der Waals surface area contributed by atoms with Crippen LogP contribution in [-0.4, -0.2) is 21.3 Å². The number of hydrogen-bond donors (Lipinski definition) is 1. The van der Waals surface area contributed by atoms with Crippen LogP contribution in [0.2, 0.25) is 5.15 Å². The van der Waals surface area contributed by atoms with Crippen LogP contribution in [0.3, 0.4) is 0 Å². The van der Waals surface area contributed by atoms with E-state index in [9.17, 15) is 4.79 Å². The molecule has 3 nitrogen and oxygen atoms in total. The van der Waals surface area contributed by atoms with E-state index in [4.69, 9.17) is 16.7 Å². The van der Waals surface area contributed by atoms with Crippen LogP contribution in [0.1, 0.15) is 18.1 Å². The zero-order chi connectivity index (χ0) is 14.0. The summed E-state index contributed by atoms with van der Waals surface area (Å²) in [6.07, 6.45) is 0. The Hall–Kier alpha value is -1.26. The number of aryl methyl sites for hydroxylation is 1. The SMILES string of the molecule is Cc1ccc2cc(CSC(C)C(=O)O)c(Cl)nc2c1. The molecule has 2 aromatic rings. The molecule has 0 aliphatic carbocycles. The van der Waals surface area contributed by atoms with Gasteiger partial charge in [-0.1, -0.05) is 23.7 Å². The molecule has 0 fully saturated rings. The lowest BCUT2D eigenvalue weighted by Gasteiger charge is -2.09. The third-order valence-electron chi connectivity index (χ3n) is 2.84. The molecular formula is C14H14ClNO2S. The first kappa shape index (κ1) is 14.2. The van der Waals surface area contributed by atoms with Crippen molar-refractivity contribution in [2.24, 2.45) is 0 Å². The molecule has 1 unspecified atom stereocenters. The van der Waals surface area contributed by atoms with Gasteiger partial charge in [0.25, 0.3) is 0 Å². The Kier molecular flexibility index (Phi) is 4.32. The van der Waals surface area contributed by atoms with E-state index >= 15 is 0 Å². The molecule has 1 N–H and O–H groups in total. The van der Waals surface area contributed by atoms with Crippen LogP contribution in [0.5, 0.6) is 0 Å². The van der Waals surface area contributed by atoms with Gasteiger partial charge in [0.2, 0.25) is 0 Å². The number of halogens is 1. The molecule has 0 saturated carbocycles. The lowest BCUT2D eigenvalue weighted by Crippen LogP contribution is -2.11. The van der Waals surface area contributed by atoms with Crippen LogP contribution in [0.25, 0.3) is 10.9 Å². The van der Waals surface area contributed by atoms with Gasteiger partial charge in [0, 0.05) is 16.7 Å². The zero-order valence-corrected chi connectivity index (χ0v) is 12.3. The number of benzene rings is 1. The minimum atomic E-state index is -0.814. The Labute approximate surface area is 121 Å². The van der Waals surface area contributed by atoms with Gasteiger partial charge in [0.1, 0.15) is 5.15 Å². The van der Waals surface area contributed by atoms with E-state index in [0.29, 0.717) is 10.9 Å². The predicted molar refractivity (Wildman–Crippen MR) is 79.9 cm³/mol. The fourth-order valence-electron chi connectivity index (χ4n) is 1.68. The molecule has 0 aliphatic heterocycles. The summed E-state index contributed by atoms with van der Waals surface area (Å²) in [5, 5.41) is 9.88. The monoisotopic (exact) mass is 295 g/mol. The van der Waals surface area contributed by atoms with Crippen molar-refractivity contribution in [3.8, 4) is 0 Å². The van der Waals surface area contributed by atoms with Crippen molar-refractivity contribution in [1.29, 1.82) is 0 Å². The molecule has 0 amide bonds. The van der Waals surface area contributed by atoms with Gasteiger partial charge in [0.05, 0.1) is 10.8 Å². The molecule has 1 aromatic heterocycles. The maximum atomic E-state index is 10.8. The minimum absolute atomic E-state index is 0.447. The van der Waals surface area contributed by atoms with Crippen LogP contribution in [0.15, 0.2) is 24.3 Å². The summed E-state index contributed by atoms with van der Waals surface area (Å²) in [7, 11) is 0. The number of thioether (sulfide) groups is 1. The van der Waals surface area contributed by atoms with Crippen LogP contribution in [0.4, 0.5) is 0 Å². The number of fused-ring (bicyclic) bond motifs is 1. The van der Waals surface area contributed by atoms with Crippen molar-refractivity contribution in [1.82, 2.24) is 4.98 Å². The highest BCUT2D eigenvalue weighted by Gasteiger charge is 2.13. The number of carboxylic acids is 1. The average Bonchev–Trinajstić information content (AvgIpc) is 2.35. The number of aromatic nitrogens is 1. The quantitative estimate of drug-likeness (QED) is 0.869. The van der Waals surface area contributed by atoms with Gasteiger partial charge >= 0.3 is 5.97 Å². The third kappa shape index (κ3) is 3.39.